The van der Waals surface area contributed by atoms with Crippen LogP contribution in [0.1, 0.15) is 33.1 Å². The highest BCUT2D eigenvalue weighted by atomic mass is 16.5. The first-order chi connectivity index (χ1) is 6.27. The number of hydrogen-bond donors (Lipinski definition) is 1. The van der Waals surface area contributed by atoms with Crippen molar-refractivity contribution in [2.45, 2.75) is 45.3 Å². The lowest BCUT2D eigenvalue weighted by Gasteiger charge is -2.35. The van der Waals surface area contributed by atoms with E-state index in [1.807, 2.05) is 0 Å². The maximum absolute atomic E-state index is 5.54. The topological polar surface area (TPSA) is 21.3 Å². The Bertz CT molecular complexity index is 171. The first kappa shape index (κ1) is 9.47. The van der Waals surface area contributed by atoms with Gasteiger partial charge in [-0.2, -0.15) is 0 Å². The molecule has 4 atom stereocenters. The van der Waals surface area contributed by atoms with Gasteiger partial charge in [0.05, 0.1) is 6.10 Å². The summed E-state index contributed by atoms with van der Waals surface area (Å²) in [4.78, 5) is 0. The minimum absolute atomic E-state index is 0.475. The van der Waals surface area contributed by atoms with E-state index in [0.29, 0.717) is 6.10 Å². The van der Waals surface area contributed by atoms with Crippen molar-refractivity contribution < 1.29 is 4.74 Å². The van der Waals surface area contributed by atoms with Crippen LogP contribution < -0.4 is 5.32 Å². The molecule has 0 spiro atoms. The molecule has 0 aromatic rings. The molecule has 0 radical (unpaired) electrons. The lowest BCUT2D eigenvalue weighted by atomic mass is 9.81. The molecule has 2 rings (SSSR count). The largest absolute Gasteiger partial charge is 0.378 e. The molecule has 1 saturated heterocycles. The summed E-state index contributed by atoms with van der Waals surface area (Å²) in [6.07, 6.45) is 4.51. The van der Waals surface area contributed by atoms with Crippen LogP contribution in [0.4, 0.5) is 0 Å². The van der Waals surface area contributed by atoms with Crippen LogP contribution in [0, 0.1) is 11.8 Å². The van der Waals surface area contributed by atoms with Crippen molar-refractivity contribution in [2.75, 3.05) is 13.2 Å². The van der Waals surface area contributed by atoms with Crippen molar-refractivity contribution in [3.63, 3.8) is 0 Å². The average molecular weight is 183 g/mol. The highest BCUT2D eigenvalue weighted by Gasteiger charge is 2.29. The Balaban J connectivity index is 1.67. The molecule has 0 bridgehead atoms. The van der Waals surface area contributed by atoms with Gasteiger partial charge in [0.2, 0.25) is 0 Å². The maximum Gasteiger partial charge on any atom is 0.0588 e. The fraction of sp³-hybridized carbons (Fsp3) is 1.00. The van der Waals surface area contributed by atoms with Crippen LogP contribution >= 0.6 is 0 Å². The number of nitrogens with one attached hydrogen (secondary N) is 1. The summed E-state index contributed by atoms with van der Waals surface area (Å²) in [5.41, 5.74) is 0. The van der Waals surface area contributed by atoms with Crippen LogP contribution in [0.5, 0.6) is 0 Å². The molecule has 0 aromatic carbocycles. The maximum atomic E-state index is 5.54. The summed E-state index contributed by atoms with van der Waals surface area (Å²) in [6.45, 7) is 6.67. The standard InChI is InChI=1S/C11H21NO/c1-8-3-4-11(8)12-7-10-5-6-13-9(10)2/h8-12H,3-7H2,1-2H3. The quantitative estimate of drug-likeness (QED) is 0.720. The van der Waals surface area contributed by atoms with Crippen LogP contribution in [-0.4, -0.2) is 25.3 Å². The van der Waals surface area contributed by atoms with Crippen molar-refractivity contribution in [3.05, 3.63) is 0 Å². The summed E-state index contributed by atoms with van der Waals surface area (Å²) in [5, 5.41) is 3.66. The first-order valence-electron chi connectivity index (χ1n) is 5.62. The average Bonchev–Trinajstić information content (AvgIpc) is 2.50. The molecule has 1 heterocycles. The number of rotatable bonds is 3. The molecule has 0 aromatic heterocycles. The predicted octanol–water partition coefficient (Wildman–Crippen LogP) is 1.80. The fourth-order valence-electron chi connectivity index (χ4n) is 2.32. The Hall–Kier alpha value is -0.0800. The second kappa shape index (κ2) is 3.97. The Morgan fingerprint density at radius 3 is 2.54 bits per heavy atom. The van der Waals surface area contributed by atoms with Gasteiger partial charge in [-0.1, -0.05) is 6.92 Å². The molecule has 1 aliphatic carbocycles. The van der Waals surface area contributed by atoms with Crippen molar-refractivity contribution in [1.29, 1.82) is 0 Å². The van der Waals surface area contributed by atoms with E-state index in [1.165, 1.54) is 19.3 Å². The van der Waals surface area contributed by atoms with Gasteiger partial charge in [0.1, 0.15) is 0 Å². The molecular formula is C11H21NO. The molecule has 1 saturated carbocycles. The Kier molecular flexibility index (Phi) is 2.89. The summed E-state index contributed by atoms with van der Waals surface area (Å²) in [5.74, 6) is 1.66. The fourth-order valence-corrected chi connectivity index (χ4v) is 2.32. The van der Waals surface area contributed by atoms with Crippen LogP contribution in [0.15, 0.2) is 0 Å². The van der Waals surface area contributed by atoms with E-state index >= 15 is 0 Å². The van der Waals surface area contributed by atoms with Crippen LogP contribution in [0.2, 0.25) is 0 Å². The minimum atomic E-state index is 0.475. The second-order valence-electron chi connectivity index (χ2n) is 4.69. The van der Waals surface area contributed by atoms with Crippen molar-refractivity contribution in [1.82, 2.24) is 5.32 Å². The van der Waals surface area contributed by atoms with E-state index in [9.17, 15) is 0 Å². The molecule has 2 fully saturated rings. The zero-order valence-electron chi connectivity index (χ0n) is 8.75. The summed E-state index contributed by atoms with van der Waals surface area (Å²) in [7, 11) is 0. The smallest absolute Gasteiger partial charge is 0.0588 e. The summed E-state index contributed by atoms with van der Waals surface area (Å²) in [6, 6.07) is 0.799. The molecular weight excluding hydrogens is 162 g/mol. The molecule has 4 unspecified atom stereocenters. The van der Waals surface area contributed by atoms with E-state index in [0.717, 1.165) is 31.0 Å². The molecule has 0 amide bonds. The van der Waals surface area contributed by atoms with E-state index in [1.54, 1.807) is 0 Å². The van der Waals surface area contributed by atoms with Crippen LogP contribution in [0.3, 0.4) is 0 Å². The summed E-state index contributed by atoms with van der Waals surface area (Å²) < 4.78 is 5.54. The second-order valence-corrected chi connectivity index (χ2v) is 4.69. The molecule has 76 valence electrons. The van der Waals surface area contributed by atoms with Gasteiger partial charge in [-0.25, -0.2) is 0 Å². The van der Waals surface area contributed by atoms with Gasteiger partial charge in [0.15, 0.2) is 0 Å². The Labute approximate surface area is 81.0 Å². The molecule has 2 nitrogen and oxygen atoms in total. The first-order valence-corrected chi connectivity index (χ1v) is 5.62. The Morgan fingerprint density at radius 1 is 1.23 bits per heavy atom. The third kappa shape index (κ3) is 2.05. The Morgan fingerprint density at radius 2 is 2.08 bits per heavy atom. The SMILES string of the molecule is CC1CCC1NCC1CCOC1C. The monoisotopic (exact) mass is 183 g/mol. The van der Waals surface area contributed by atoms with Gasteiger partial charge >= 0.3 is 0 Å². The molecule has 13 heavy (non-hydrogen) atoms. The third-order valence-corrected chi connectivity index (χ3v) is 3.80. The number of ether oxygens (including phenoxy) is 1. The van der Waals surface area contributed by atoms with Crippen LogP contribution in [-0.2, 0) is 4.74 Å². The normalized spacial score (nSPS) is 44.8. The van der Waals surface area contributed by atoms with Gasteiger partial charge < -0.3 is 10.1 Å². The van der Waals surface area contributed by atoms with E-state index in [-0.39, 0.29) is 0 Å². The van der Waals surface area contributed by atoms with Gasteiger partial charge in [-0.05, 0) is 38.0 Å². The molecule has 2 heteroatoms. The highest BCUT2D eigenvalue weighted by molar-refractivity contribution is 4.85. The van der Waals surface area contributed by atoms with Crippen LogP contribution in [0.25, 0.3) is 0 Å². The summed E-state index contributed by atoms with van der Waals surface area (Å²) >= 11 is 0. The van der Waals surface area contributed by atoms with Gasteiger partial charge in [-0.15, -0.1) is 0 Å². The predicted molar refractivity (Wildman–Crippen MR) is 53.7 cm³/mol. The van der Waals surface area contributed by atoms with Gasteiger partial charge in [0, 0.05) is 19.2 Å². The lowest BCUT2D eigenvalue weighted by Crippen LogP contribution is -2.45. The number of hydrogen-bond acceptors (Lipinski definition) is 2. The molecule has 2 aliphatic rings. The van der Waals surface area contributed by atoms with Crippen molar-refractivity contribution in [3.8, 4) is 0 Å². The molecule has 1 N–H and O–H groups in total. The van der Waals surface area contributed by atoms with E-state index in [2.05, 4.69) is 19.2 Å². The van der Waals surface area contributed by atoms with E-state index < -0.39 is 0 Å². The van der Waals surface area contributed by atoms with Gasteiger partial charge in [-0.3, -0.25) is 0 Å². The minimum Gasteiger partial charge on any atom is -0.378 e. The molecule has 1 aliphatic heterocycles. The van der Waals surface area contributed by atoms with E-state index in [4.69, 9.17) is 4.74 Å². The highest BCUT2D eigenvalue weighted by Crippen LogP contribution is 2.27. The lowest BCUT2D eigenvalue weighted by molar-refractivity contribution is 0.102. The zero-order chi connectivity index (χ0) is 9.26. The van der Waals surface area contributed by atoms with Gasteiger partial charge in [0.25, 0.3) is 0 Å². The zero-order valence-corrected chi connectivity index (χ0v) is 8.75. The third-order valence-electron chi connectivity index (χ3n) is 3.80. The van der Waals surface area contributed by atoms with Crippen molar-refractivity contribution in [2.24, 2.45) is 11.8 Å². The van der Waals surface area contributed by atoms with Crippen molar-refractivity contribution >= 4 is 0 Å².